The lowest BCUT2D eigenvalue weighted by Crippen LogP contribution is -2.36. The minimum atomic E-state index is 0.728. The van der Waals surface area contributed by atoms with Crippen LogP contribution >= 0.6 is 0 Å². The molecule has 1 N–H and O–H groups in total. The molecule has 13 heavy (non-hydrogen) atoms. The van der Waals surface area contributed by atoms with Crippen molar-refractivity contribution in [1.29, 1.82) is 0 Å². The fourth-order valence-corrected chi connectivity index (χ4v) is 2.35. The monoisotopic (exact) mass is 180 g/mol. The standard InChI is InChI=1S/C11H20N2/c1-10-11(5-6-12-10)9-13-7-3-2-4-8-13/h2-3,10-12H,4-9H2,1H3. The Balaban J connectivity index is 1.79. The highest BCUT2D eigenvalue weighted by atomic mass is 15.1. The molecule has 1 saturated heterocycles. The van der Waals surface area contributed by atoms with E-state index < -0.39 is 0 Å². The average molecular weight is 180 g/mol. The predicted octanol–water partition coefficient (Wildman–Crippen LogP) is 1.25. The van der Waals surface area contributed by atoms with Crippen molar-refractivity contribution in [2.24, 2.45) is 5.92 Å². The molecule has 0 aromatic heterocycles. The number of hydrogen-bond acceptors (Lipinski definition) is 2. The normalized spacial score (nSPS) is 35.5. The lowest BCUT2D eigenvalue weighted by atomic mass is 10.0. The molecule has 2 heteroatoms. The first-order valence-electron chi connectivity index (χ1n) is 5.47. The minimum Gasteiger partial charge on any atom is -0.314 e. The van der Waals surface area contributed by atoms with Crippen molar-refractivity contribution in [3.63, 3.8) is 0 Å². The molecule has 0 bridgehead atoms. The van der Waals surface area contributed by atoms with Gasteiger partial charge in [-0.05, 0) is 32.2 Å². The summed E-state index contributed by atoms with van der Waals surface area (Å²) in [5, 5.41) is 3.51. The highest BCUT2D eigenvalue weighted by Gasteiger charge is 2.24. The molecule has 0 aromatic carbocycles. The van der Waals surface area contributed by atoms with E-state index in [1.54, 1.807) is 0 Å². The second kappa shape index (κ2) is 4.25. The van der Waals surface area contributed by atoms with Gasteiger partial charge in [0.2, 0.25) is 0 Å². The second-order valence-electron chi connectivity index (χ2n) is 4.31. The molecular weight excluding hydrogens is 160 g/mol. The fraction of sp³-hybridized carbons (Fsp3) is 0.818. The maximum Gasteiger partial charge on any atom is 0.0163 e. The largest absolute Gasteiger partial charge is 0.314 e. The molecule has 0 amide bonds. The van der Waals surface area contributed by atoms with Crippen LogP contribution in [-0.4, -0.2) is 37.1 Å². The second-order valence-corrected chi connectivity index (χ2v) is 4.31. The van der Waals surface area contributed by atoms with Crippen molar-refractivity contribution >= 4 is 0 Å². The maximum atomic E-state index is 3.51. The van der Waals surface area contributed by atoms with E-state index in [-0.39, 0.29) is 0 Å². The van der Waals surface area contributed by atoms with Crippen LogP contribution in [0.4, 0.5) is 0 Å². The van der Waals surface area contributed by atoms with Crippen LogP contribution < -0.4 is 5.32 Å². The van der Waals surface area contributed by atoms with Gasteiger partial charge in [-0.15, -0.1) is 0 Å². The third kappa shape index (κ3) is 2.32. The molecule has 2 unspecified atom stereocenters. The summed E-state index contributed by atoms with van der Waals surface area (Å²) in [4.78, 5) is 2.58. The van der Waals surface area contributed by atoms with E-state index in [0.717, 1.165) is 12.0 Å². The Morgan fingerprint density at radius 2 is 2.38 bits per heavy atom. The van der Waals surface area contributed by atoms with Crippen molar-refractivity contribution in [2.45, 2.75) is 25.8 Å². The molecule has 2 aliphatic rings. The Morgan fingerprint density at radius 3 is 3.00 bits per heavy atom. The van der Waals surface area contributed by atoms with Gasteiger partial charge in [0.1, 0.15) is 0 Å². The molecule has 1 fully saturated rings. The van der Waals surface area contributed by atoms with Gasteiger partial charge in [0, 0.05) is 25.7 Å². The minimum absolute atomic E-state index is 0.728. The van der Waals surface area contributed by atoms with Crippen LogP contribution in [0, 0.1) is 5.92 Å². The number of rotatable bonds is 2. The van der Waals surface area contributed by atoms with E-state index in [4.69, 9.17) is 0 Å². The maximum absolute atomic E-state index is 3.51. The Kier molecular flexibility index (Phi) is 3.01. The third-order valence-corrected chi connectivity index (χ3v) is 3.32. The van der Waals surface area contributed by atoms with E-state index in [1.807, 2.05) is 0 Å². The van der Waals surface area contributed by atoms with E-state index in [1.165, 1.54) is 39.0 Å². The summed E-state index contributed by atoms with van der Waals surface area (Å²) in [7, 11) is 0. The molecule has 0 radical (unpaired) electrons. The summed E-state index contributed by atoms with van der Waals surface area (Å²) >= 11 is 0. The highest BCUT2D eigenvalue weighted by molar-refractivity contribution is 4.92. The molecule has 2 rings (SSSR count). The SMILES string of the molecule is CC1NCCC1CN1CC=CCC1. The van der Waals surface area contributed by atoms with Gasteiger partial charge < -0.3 is 5.32 Å². The molecule has 74 valence electrons. The Hall–Kier alpha value is -0.340. The molecule has 2 atom stereocenters. The van der Waals surface area contributed by atoms with Gasteiger partial charge in [0.25, 0.3) is 0 Å². The molecular formula is C11H20N2. The molecule has 2 heterocycles. The van der Waals surface area contributed by atoms with E-state index >= 15 is 0 Å². The third-order valence-electron chi connectivity index (χ3n) is 3.32. The van der Waals surface area contributed by atoms with Crippen LogP contribution in [0.15, 0.2) is 12.2 Å². The van der Waals surface area contributed by atoms with Gasteiger partial charge in [-0.25, -0.2) is 0 Å². The van der Waals surface area contributed by atoms with Crippen LogP contribution in [-0.2, 0) is 0 Å². The van der Waals surface area contributed by atoms with Gasteiger partial charge >= 0.3 is 0 Å². The van der Waals surface area contributed by atoms with Gasteiger partial charge in [0.05, 0.1) is 0 Å². The summed E-state index contributed by atoms with van der Waals surface area (Å²) < 4.78 is 0. The number of hydrogen-bond donors (Lipinski definition) is 1. The van der Waals surface area contributed by atoms with E-state index in [9.17, 15) is 0 Å². The first-order chi connectivity index (χ1) is 6.36. The van der Waals surface area contributed by atoms with E-state index in [0.29, 0.717) is 0 Å². The smallest absolute Gasteiger partial charge is 0.0163 e. The summed E-state index contributed by atoms with van der Waals surface area (Å²) in [6.07, 6.45) is 7.21. The molecule has 0 aromatic rings. The van der Waals surface area contributed by atoms with Crippen molar-refractivity contribution in [2.75, 3.05) is 26.2 Å². The van der Waals surface area contributed by atoms with Crippen LogP contribution in [0.2, 0.25) is 0 Å². The van der Waals surface area contributed by atoms with Crippen LogP contribution in [0.1, 0.15) is 19.8 Å². The number of nitrogens with one attached hydrogen (secondary N) is 1. The van der Waals surface area contributed by atoms with Gasteiger partial charge in [0.15, 0.2) is 0 Å². The summed E-state index contributed by atoms with van der Waals surface area (Å²) in [6, 6.07) is 0.728. The van der Waals surface area contributed by atoms with E-state index in [2.05, 4.69) is 29.3 Å². The molecule has 0 spiro atoms. The Labute approximate surface area is 81.0 Å². The zero-order valence-electron chi connectivity index (χ0n) is 8.50. The lowest BCUT2D eigenvalue weighted by molar-refractivity contribution is 0.241. The summed E-state index contributed by atoms with van der Waals surface area (Å²) in [5.41, 5.74) is 0. The molecule has 0 aliphatic carbocycles. The Bertz CT molecular complexity index is 189. The predicted molar refractivity (Wildman–Crippen MR) is 55.8 cm³/mol. The number of nitrogens with zero attached hydrogens (tertiary/aromatic N) is 1. The van der Waals surface area contributed by atoms with Gasteiger partial charge in [-0.1, -0.05) is 12.2 Å². The van der Waals surface area contributed by atoms with Crippen molar-refractivity contribution in [1.82, 2.24) is 10.2 Å². The summed E-state index contributed by atoms with van der Waals surface area (Å²) in [5.74, 6) is 0.881. The molecule has 2 nitrogen and oxygen atoms in total. The molecule has 2 aliphatic heterocycles. The zero-order chi connectivity index (χ0) is 9.10. The van der Waals surface area contributed by atoms with Crippen LogP contribution in [0.3, 0.4) is 0 Å². The average Bonchev–Trinajstić information content (AvgIpc) is 2.54. The fourth-order valence-electron chi connectivity index (χ4n) is 2.35. The first kappa shape index (κ1) is 9.22. The van der Waals surface area contributed by atoms with Crippen molar-refractivity contribution in [3.05, 3.63) is 12.2 Å². The van der Waals surface area contributed by atoms with Crippen molar-refractivity contribution < 1.29 is 0 Å². The first-order valence-corrected chi connectivity index (χ1v) is 5.47. The topological polar surface area (TPSA) is 15.3 Å². The quantitative estimate of drug-likeness (QED) is 0.643. The van der Waals surface area contributed by atoms with Crippen LogP contribution in [0.25, 0.3) is 0 Å². The Morgan fingerprint density at radius 1 is 1.46 bits per heavy atom. The van der Waals surface area contributed by atoms with Gasteiger partial charge in [-0.3, -0.25) is 4.90 Å². The highest BCUT2D eigenvalue weighted by Crippen LogP contribution is 2.17. The zero-order valence-corrected chi connectivity index (χ0v) is 8.50. The lowest BCUT2D eigenvalue weighted by Gasteiger charge is -2.27. The van der Waals surface area contributed by atoms with Gasteiger partial charge in [-0.2, -0.15) is 0 Å². The van der Waals surface area contributed by atoms with Crippen molar-refractivity contribution in [3.8, 4) is 0 Å². The molecule has 0 saturated carbocycles. The summed E-state index contributed by atoms with van der Waals surface area (Å²) in [6.45, 7) is 7.26. The van der Waals surface area contributed by atoms with Crippen LogP contribution in [0.5, 0.6) is 0 Å².